The van der Waals surface area contributed by atoms with Crippen LogP contribution in [0.5, 0.6) is 5.75 Å². The number of likely N-dealkylation sites (N-methyl/N-ethyl adjacent to an activating group) is 1. The third-order valence-corrected chi connectivity index (χ3v) is 7.61. The molecule has 0 bridgehead atoms. The second-order valence-electron chi connectivity index (χ2n) is 10.5. The summed E-state index contributed by atoms with van der Waals surface area (Å²) in [6, 6.07) is 9.67. The van der Waals surface area contributed by atoms with Crippen molar-refractivity contribution in [2.24, 2.45) is 10.5 Å². The number of aryl methyl sites for hydroxylation is 1. The zero-order valence-corrected chi connectivity index (χ0v) is 21.8. The van der Waals surface area contributed by atoms with E-state index in [2.05, 4.69) is 22.0 Å². The minimum Gasteiger partial charge on any atom is -0.495 e. The van der Waals surface area contributed by atoms with Crippen molar-refractivity contribution < 1.29 is 18.3 Å². The Morgan fingerprint density at radius 2 is 1.95 bits per heavy atom. The first-order valence-corrected chi connectivity index (χ1v) is 12.9. The number of fused-ring (bicyclic) bond motifs is 1. The van der Waals surface area contributed by atoms with Gasteiger partial charge in [-0.05, 0) is 67.3 Å². The molecule has 198 valence electrons. The molecule has 0 amide bonds. The van der Waals surface area contributed by atoms with E-state index in [9.17, 15) is 8.78 Å². The van der Waals surface area contributed by atoms with Gasteiger partial charge in [0.05, 0.1) is 50.6 Å². The Balaban J connectivity index is 1.42. The van der Waals surface area contributed by atoms with E-state index >= 15 is 0 Å². The number of rotatable bonds is 5. The molecular formula is C29H31F2N5O2. The molecule has 3 aliphatic rings. The van der Waals surface area contributed by atoms with Gasteiger partial charge in [0.1, 0.15) is 17.4 Å². The lowest BCUT2D eigenvalue weighted by Crippen LogP contribution is -2.60. The minimum absolute atomic E-state index is 0.0538. The molecular weight excluding hydrogens is 488 g/mol. The number of imidazole rings is 1. The van der Waals surface area contributed by atoms with Gasteiger partial charge in [-0.1, -0.05) is 6.07 Å². The highest BCUT2D eigenvalue weighted by Gasteiger charge is 2.49. The highest BCUT2D eigenvalue weighted by molar-refractivity contribution is 6.03. The van der Waals surface area contributed by atoms with Crippen LogP contribution in [0, 0.1) is 24.0 Å². The maximum Gasteiger partial charge on any atom is 0.152 e. The number of halogens is 2. The van der Waals surface area contributed by atoms with Crippen LogP contribution in [0.4, 0.5) is 8.78 Å². The summed E-state index contributed by atoms with van der Waals surface area (Å²) in [7, 11) is 1.66. The van der Waals surface area contributed by atoms with Gasteiger partial charge in [-0.2, -0.15) is 5.10 Å². The number of hydrogen-bond donors (Lipinski definition) is 0. The second-order valence-corrected chi connectivity index (χ2v) is 10.5. The van der Waals surface area contributed by atoms with Crippen LogP contribution in [0.15, 0.2) is 59.6 Å². The highest BCUT2D eigenvalue weighted by Crippen LogP contribution is 2.45. The third kappa shape index (κ3) is 4.45. The van der Waals surface area contributed by atoms with Crippen LogP contribution in [0.2, 0.25) is 0 Å². The molecule has 4 heterocycles. The number of nitrogens with zero attached hydrogens (tertiary/aromatic N) is 5. The van der Waals surface area contributed by atoms with Crippen molar-refractivity contribution in [2.75, 3.05) is 40.0 Å². The van der Waals surface area contributed by atoms with Crippen LogP contribution >= 0.6 is 0 Å². The standard InChI is InChI=1S/C29H31F2N5O2/c1-4-35-14-26(21-9-23(30)11-24(31)10-21)36-15-29(16-38-17-29)12-22(28(36)33-35)7-20-5-6-25(27(8-20)37-3)34-13-19(2)32-18-34/h5-11,13,18,26H,4,12,14-17H2,1-3H3. The van der Waals surface area contributed by atoms with E-state index in [1.807, 2.05) is 41.8 Å². The molecule has 38 heavy (non-hydrogen) atoms. The van der Waals surface area contributed by atoms with Crippen molar-refractivity contribution in [2.45, 2.75) is 26.3 Å². The lowest BCUT2D eigenvalue weighted by Gasteiger charge is -2.54. The summed E-state index contributed by atoms with van der Waals surface area (Å²) in [6.45, 7) is 7.27. The molecule has 1 spiro atoms. The number of methoxy groups -OCH3 is 1. The molecule has 3 aliphatic heterocycles. The molecule has 0 N–H and O–H groups in total. The lowest BCUT2D eigenvalue weighted by molar-refractivity contribution is -0.128. The van der Waals surface area contributed by atoms with E-state index < -0.39 is 11.6 Å². The monoisotopic (exact) mass is 519 g/mol. The summed E-state index contributed by atoms with van der Waals surface area (Å²) in [5, 5.41) is 6.97. The van der Waals surface area contributed by atoms with E-state index in [0.717, 1.165) is 53.1 Å². The number of benzene rings is 2. The Kier molecular flexibility index (Phi) is 6.18. The van der Waals surface area contributed by atoms with Crippen LogP contribution in [0.1, 0.15) is 36.2 Å². The molecule has 0 saturated carbocycles. The summed E-state index contributed by atoms with van der Waals surface area (Å²) in [5.74, 6) is 0.447. The second kappa shape index (κ2) is 9.54. The zero-order chi connectivity index (χ0) is 26.4. The Morgan fingerprint density at radius 1 is 1.16 bits per heavy atom. The summed E-state index contributed by atoms with van der Waals surface area (Å²) in [5.41, 5.74) is 4.46. The molecule has 2 aromatic carbocycles. The number of hydrogen-bond acceptors (Lipinski definition) is 6. The largest absolute Gasteiger partial charge is 0.495 e. The first-order valence-electron chi connectivity index (χ1n) is 12.9. The Hall–Kier alpha value is -3.72. The van der Waals surface area contributed by atoms with Gasteiger partial charge in [0, 0.05) is 30.8 Å². The topological polar surface area (TPSA) is 55.1 Å². The first kappa shape index (κ1) is 24.6. The predicted molar refractivity (Wildman–Crippen MR) is 141 cm³/mol. The predicted octanol–water partition coefficient (Wildman–Crippen LogP) is 4.96. The normalized spacial score (nSPS) is 21.3. The summed E-state index contributed by atoms with van der Waals surface area (Å²) < 4.78 is 41.9. The van der Waals surface area contributed by atoms with Crippen LogP contribution in [0.3, 0.4) is 0 Å². The van der Waals surface area contributed by atoms with Crippen molar-refractivity contribution in [3.8, 4) is 11.4 Å². The fourth-order valence-electron chi connectivity index (χ4n) is 5.72. The van der Waals surface area contributed by atoms with E-state index in [1.54, 1.807) is 13.4 Å². The van der Waals surface area contributed by atoms with Gasteiger partial charge in [-0.15, -0.1) is 0 Å². The lowest BCUT2D eigenvalue weighted by atomic mass is 9.74. The van der Waals surface area contributed by atoms with Crippen LogP contribution < -0.4 is 4.74 Å². The number of piperidine rings is 1. The molecule has 7 nitrogen and oxygen atoms in total. The zero-order valence-electron chi connectivity index (χ0n) is 21.8. The number of amidine groups is 1. The third-order valence-electron chi connectivity index (χ3n) is 7.61. The number of aromatic nitrogens is 2. The quantitative estimate of drug-likeness (QED) is 0.477. The smallest absolute Gasteiger partial charge is 0.152 e. The van der Waals surface area contributed by atoms with Gasteiger partial charge in [0.2, 0.25) is 0 Å². The van der Waals surface area contributed by atoms with E-state index in [1.165, 1.54) is 12.1 Å². The van der Waals surface area contributed by atoms with E-state index in [0.29, 0.717) is 31.9 Å². The van der Waals surface area contributed by atoms with Gasteiger partial charge in [0.25, 0.3) is 0 Å². The number of ether oxygens (including phenoxy) is 2. The SMILES string of the molecule is CCN1CC(c2cc(F)cc(F)c2)N2CC3(COC3)CC(=Cc3ccc(-n4cnc(C)c4)c(OC)c3)C2=N1. The molecule has 2 fully saturated rings. The van der Waals surface area contributed by atoms with Crippen molar-refractivity contribution in [3.05, 3.63) is 83.0 Å². The van der Waals surface area contributed by atoms with Gasteiger partial charge >= 0.3 is 0 Å². The molecule has 9 heteroatoms. The fourth-order valence-corrected chi connectivity index (χ4v) is 5.72. The van der Waals surface area contributed by atoms with Gasteiger partial charge < -0.3 is 18.9 Å². The maximum atomic E-state index is 14.3. The molecule has 1 aromatic heterocycles. The van der Waals surface area contributed by atoms with Crippen molar-refractivity contribution in [1.29, 1.82) is 0 Å². The molecule has 6 rings (SSSR count). The van der Waals surface area contributed by atoms with Gasteiger partial charge in [-0.25, -0.2) is 13.8 Å². The van der Waals surface area contributed by atoms with Gasteiger partial charge in [0.15, 0.2) is 5.84 Å². The molecule has 0 radical (unpaired) electrons. The van der Waals surface area contributed by atoms with Crippen LogP contribution in [-0.4, -0.2) is 65.3 Å². The molecule has 0 aliphatic carbocycles. The van der Waals surface area contributed by atoms with E-state index in [4.69, 9.17) is 14.6 Å². The molecule has 1 atom stereocenters. The fraction of sp³-hybridized carbons (Fsp3) is 0.379. The number of hydrazone groups is 1. The van der Waals surface area contributed by atoms with Gasteiger partial charge in [-0.3, -0.25) is 5.01 Å². The Morgan fingerprint density at radius 3 is 2.58 bits per heavy atom. The summed E-state index contributed by atoms with van der Waals surface area (Å²) in [6.07, 6.45) is 6.70. The first-order chi connectivity index (χ1) is 18.4. The Bertz CT molecular complexity index is 1410. The molecule has 2 saturated heterocycles. The molecule has 3 aromatic rings. The van der Waals surface area contributed by atoms with Crippen molar-refractivity contribution in [3.63, 3.8) is 0 Å². The Labute approximate surface area is 221 Å². The highest BCUT2D eigenvalue weighted by atomic mass is 19.1. The minimum atomic E-state index is -0.568. The van der Waals surface area contributed by atoms with Crippen LogP contribution in [-0.2, 0) is 4.74 Å². The summed E-state index contributed by atoms with van der Waals surface area (Å²) in [4.78, 5) is 6.55. The van der Waals surface area contributed by atoms with Crippen molar-refractivity contribution in [1.82, 2.24) is 19.5 Å². The molecule has 1 unspecified atom stereocenters. The average molecular weight is 520 g/mol. The average Bonchev–Trinajstić information content (AvgIpc) is 3.32. The van der Waals surface area contributed by atoms with E-state index in [-0.39, 0.29) is 11.5 Å². The summed E-state index contributed by atoms with van der Waals surface area (Å²) >= 11 is 0. The van der Waals surface area contributed by atoms with Crippen LogP contribution in [0.25, 0.3) is 11.8 Å². The van der Waals surface area contributed by atoms with Crippen molar-refractivity contribution >= 4 is 11.9 Å². The maximum absolute atomic E-state index is 14.3.